The normalized spacial score (nSPS) is 13.2. The van der Waals surface area contributed by atoms with Crippen LogP contribution in [0.25, 0.3) is 0 Å². The molecular weight excluding hydrogens is 214 g/mol. The van der Waals surface area contributed by atoms with E-state index in [2.05, 4.69) is 30.9 Å². The third-order valence-corrected chi connectivity index (χ3v) is 2.95. The number of aliphatic hydroxyl groups excluding tert-OH is 1. The molecule has 4 nitrogen and oxygen atoms in total. The summed E-state index contributed by atoms with van der Waals surface area (Å²) in [5.74, 6) is 0.892. The zero-order chi connectivity index (χ0) is 12.7. The van der Waals surface area contributed by atoms with Gasteiger partial charge in [-0.15, -0.1) is 0 Å². The Kier molecular flexibility index (Phi) is 6.19. The molecule has 0 saturated carbocycles. The van der Waals surface area contributed by atoms with Gasteiger partial charge in [-0.2, -0.15) is 5.10 Å². The minimum Gasteiger partial charge on any atom is -0.393 e. The zero-order valence-electron chi connectivity index (χ0n) is 11.3. The molecule has 0 aliphatic heterocycles. The van der Waals surface area contributed by atoms with E-state index in [4.69, 9.17) is 0 Å². The summed E-state index contributed by atoms with van der Waals surface area (Å²) in [5.41, 5.74) is 0. The van der Waals surface area contributed by atoms with Crippen LogP contribution in [0, 0.1) is 0 Å². The zero-order valence-corrected chi connectivity index (χ0v) is 11.3. The van der Waals surface area contributed by atoms with Crippen molar-refractivity contribution >= 4 is 0 Å². The topological polar surface area (TPSA) is 50.9 Å². The summed E-state index contributed by atoms with van der Waals surface area (Å²) in [5, 5.41) is 14.1. The molecule has 0 aliphatic rings. The van der Waals surface area contributed by atoms with E-state index in [0.29, 0.717) is 12.5 Å². The number of rotatable bonds is 8. The third-order valence-electron chi connectivity index (χ3n) is 2.95. The molecule has 98 valence electrons. The van der Waals surface area contributed by atoms with Gasteiger partial charge in [0, 0.05) is 12.5 Å². The highest BCUT2D eigenvalue weighted by Crippen LogP contribution is 2.11. The Morgan fingerprint density at radius 3 is 2.71 bits per heavy atom. The highest BCUT2D eigenvalue weighted by atomic mass is 16.3. The molecule has 1 N–H and O–H groups in total. The highest BCUT2D eigenvalue weighted by Gasteiger charge is 2.12. The van der Waals surface area contributed by atoms with E-state index >= 15 is 0 Å². The quantitative estimate of drug-likeness (QED) is 0.710. The molecule has 1 aromatic heterocycles. The Morgan fingerprint density at radius 1 is 1.29 bits per heavy atom. The molecule has 17 heavy (non-hydrogen) atoms. The van der Waals surface area contributed by atoms with E-state index in [1.54, 1.807) is 6.33 Å². The summed E-state index contributed by atoms with van der Waals surface area (Å²) in [4.78, 5) is 4.21. The maximum atomic E-state index is 9.95. The van der Waals surface area contributed by atoms with Crippen molar-refractivity contribution in [3.05, 3.63) is 12.2 Å². The molecular formula is C13H25N3O. The van der Waals surface area contributed by atoms with Crippen molar-refractivity contribution in [2.45, 2.75) is 71.4 Å². The summed E-state index contributed by atoms with van der Waals surface area (Å²) < 4.78 is 1.88. The highest BCUT2D eigenvalue weighted by molar-refractivity contribution is 4.89. The molecule has 1 atom stereocenters. The lowest BCUT2D eigenvalue weighted by Crippen LogP contribution is -2.16. The number of hydrogen-bond acceptors (Lipinski definition) is 3. The van der Waals surface area contributed by atoms with Crippen molar-refractivity contribution in [1.29, 1.82) is 0 Å². The Morgan fingerprint density at radius 2 is 2.06 bits per heavy atom. The van der Waals surface area contributed by atoms with Crippen LogP contribution in [0.4, 0.5) is 0 Å². The molecule has 1 heterocycles. The van der Waals surface area contributed by atoms with Crippen molar-refractivity contribution in [2.75, 3.05) is 0 Å². The van der Waals surface area contributed by atoms with Crippen LogP contribution < -0.4 is 0 Å². The van der Waals surface area contributed by atoms with Crippen LogP contribution in [0.3, 0.4) is 0 Å². The van der Waals surface area contributed by atoms with Gasteiger partial charge in [0.15, 0.2) is 0 Å². The smallest absolute Gasteiger partial charge is 0.138 e. The summed E-state index contributed by atoms with van der Waals surface area (Å²) in [6, 6.07) is 0.305. The average molecular weight is 239 g/mol. The lowest BCUT2D eigenvalue weighted by molar-refractivity contribution is 0.156. The number of hydrogen-bond donors (Lipinski definition) is 1. The van der Waals surface area contributed by atoms with Crippen molar-refractivity contribution < 1.29 is 5.11 Å². The fraction of sp³-hybridized carbons (Fsp3) is 0.846. The lowest BCUT2D eigenvalue weighted by Gasteiger charge is -2.13. The Hall–Kier alpha value is -0.900. The SMILES string of the molecule is CCCCCCC(O)Cc1ncnn1C(C)C. The van der Waals surface area contributed by atoms with E-state index in [1.165, 1.54) is 19.3 Å². The van der Waals surface area contributed by atoms with Crippen LogP contribution in [0.5, 0.6) is 0 Å². The summed E-state index contributed by atoms with van der Waals surface area (Å²) in [6.07, 6.45) is 7.57. The van der Waals surface area contributed by atoms with Crippen LogP contribution in [0.2, 0.25) is 0 Å². The first kappa shape index (κ1) is 14.2. The summed E-state index contributed by atoms with van der Waals surface area (Å²) >= 11 is 0. The fourth-order valence-corrected chi connectivity index (χ4v) is 1.97. The van der Waals surface area contributed by atoms with Crippen molar-refractivity contribution in [1.82, 2.24) is 14.8 Å². The largest absolute Gasteiger partial charge is 0.393 e. The van der Waals surface area contributed by atoms with Crippen LogP contribution in [0.15, 0.2) is 6.33 Å². The van der Waals surface area contributed by atoms with Gasteiger partial charge < -0.3 is 5.11 Å². The van der Waals surface area contributed by atoms with Gasteiger partial charge in [-0.1, -0.05) is 32.6 Å². The predicted molar refractivity (Wildman–Crippen MR) is 68.9 cm³/mol. The maximum absolute atomic E-state index is 9.95. The number of nitrogens with zero attached hydrogens (tertiary/aromatic N) is 3. The van der Waals surface area contributed by atoms with Gasteiger partial charge in [0.25, 0.3) is 0 Å². The second-order valence-corrected chi connectivity index (χ2v) is 4.92. The molecule has 1 rings (SSSR count). The van der Waals surface area contributed by atoms with Crippen LogP contribution in [0.1, 0.15) is 64.7 Å². The van der Waals surface area contributed by atoms with Crippen LogP contribution >= 0.6 is 0 Å². The first-order valence-electron chi connectivity index (χ1n) is 6.71. The Balaban J connectivity index is 2.34. The minimum atomic E-state index is -0.284. The summed E-state index contributed by atoms with van der Waals surface area (Å²) in [6.45, 7) is 6.35. The molecule has 0 aromatic carbocycles. The van der Waals surface area contributed by atoms with E-state index in [1.807, 2.05) is 4.68 Å². The first-order valence-corrected chi connectivity index (χ1v) is 6.71. The van der Waals surface area contributed by atoms with Gasteiger partial charge in [-0.25, -0.2) is 9.67 Å². The lowest BCUT2D eigenvalue weighted by atomic mass is 10.1. The molecule has 0 amide bonds. The van der Waals surface area contributed by atoms with E-state index < -0.39 is 0 Å². The molecule has 0 fully saturated rings. The fourth-order valence-electron chi connectivity index (χ4n) is 1.97. The van der Waals surface area contributed by atoms with Gasteiger partial charge in [0.1, 0.15) is 12.2 Å². The predicted octanol–water partition coefficient (Wildman–Crippen LogP) is 2.73. The molecule has 1 aromatic rings. The molecule has 1 unspecified atom stereocenters. The van der Waals surface area contributed by atoms with Gasteiger partial charge in [0.2, 0.25) is 0 Å². The number of aliphatic hydroxyl groups is 1. The maximum Gasteiger partial charge on any atom is 0.138 e. The third kappa shape index (κ3) is 4.86. The van der Waals surface area contributed by atoms with Gasteiger partial charge in [0.05, 0.1) is 6.10 Å². The minimum absolute atomic E-state index is 0.284. The molecule has 4 heteroatoms. The second kappa shape index (κ2) is 7.43. The Bertz CT molecular complexity index is 309. The number of aromatic nitrogens is 3. The average Bonchev–Trinajstić information content (AvgIpc) is 2.72. The van der Waals surface area contributed by atoms with Crippen molar-refractivity contribution in [3.8, 4) is 0 Å². The molecule has 0 radical (unpaired) electrons. The van der Waals surface area contributed by atoms with E-state index in [-0.39, 0.29) is 6.10 Å². The molecule has 0 bridgehead atoms. The molecule has 0 spiro atoms. The molecule has 0 saturated heterocycles. The standard InChI is InChI=1S/C13H25N3O/c1-4-5-6-7-8-12(17)9-13-14-10-15-16(13)11(2)3/h10-12,17H,4-9H2,1-3H3. The van der Waals surface area contributed by atoms with Crippen molar-refractivity contribution in [2.24, 2.45) is 0 Å². The van der Waals surface area contributed by atoms with Crippen LogP contribution in [-0.2, 0) is 6.42 Å². The van der Waals surface area contributed by atoms with Gasteiger partial charge in [-0.05, 0) is 20.3 Å². The van der Waals surface area contributed by atoms with E-state index in [9.17, 15) is 5.11 Å². The van der Waals surface area contributed by atoms with Crippen LogP contribution in [-0.4, -0.2) is 26.0 Å². The second-order valence-electron chi connectivity index (χ2n) is 4.92. The Labute approximate surface area is 104 Å². The van der Waals surface area contributed by atoms with Gasteiger partial charge in [-0.3, -0.25) is 0 Å². The number of unbranched alkanes of at least 4 members (excludes halogenated alkanes) is 3. The first-order chi connectivity index (χ1) is 8.15. The summed E-state index contributed by atoms with van der Waals surface area (Å²) in [7, 11) is 0. The van der Waals surface area contributed by atoms with Gasteiger partial charge >= 0.3 is 0 Å². The molecule has 0 aliphatic carbocycles. The monoisotopic (exact) mass is 239 g/mol. The van der Waals surface area contributed by atoms with Crippen molar-refractivity contribution in [3.63, 3.8) is 0 Å². The van der Waals surface area contributed by atoms with E-state index in [0.717, 1.165) is 18.7 Å².